The summed E-state index contributed by atoms with van der Waals surface area (Å²) in [6, 6.07) is 14.0. The number of hydrogen-bond donors (Lipinski definition) is 0. The minimum atomic E-state index is 0.0146. The molecule has 1 saturated heterocycles. The van der Waals surface area contributed by atoms with E-state index in [1.165, 1.54) is 22.5 Å². The number of benzene rings is 2. The summed E-state index contributed by atoms with van der Waals surface area (Å²) in [5.41, 5.74) is 4.12. The van der Waals surface area contributed by atoms with Gasteiger partial charge in [-0.05, 0) is 29.3 Å². The molecule has 1 aromatic heterocycles. The summed E-state index contributed by atoms with van der Waals surface area (Å²) in [5.74, 6) is 1.04. The van der Waals surface area contributed by atoms with E-state index in [-0.39, 0.29) is 5.91 Å². The highest BCUT2D eigenvalue weighted by Gasteiger charge is 2.24. The molecule has 2 aliphatic heterocycles. The highest BCUT2D eigenvalue weighted by atomic mass is 35.5. The molecule has 7 heteroatoms. The highest BCUT2D eigenvalue weighted by Crippen LogP contribution is 2.27. The zero-order chi connectivity index (χ0) is 20.5. The summed E-state index contributed by atoms with van der Waals surface area (Å²) in [7, 11) is 0. The van der Waals surface area contributed by atoms with Crippen LogP contribution in [0.3, 0.4) is 0 Å². The van der Waals surface area contributed by atoms with E-state index in [0.717, 1.165) is 62.1 Å². The first-order valence-corrected chi connectivity index (χ1v) is 11.4. The molecule has 0 N–H and O–H groups in total. The fourth-order valence-corrected chi connectivity index (χ4v) is 4.89. The number of ether oxygens (including phenoxy) is 1. The predicted octanol–water partition coefficient (Wildman–Crippen LogP) is 4.36. The van der Waals surface area contributed by atoms with Crippen LogP contribution in [0.5, 0.6) is 5.75 Å². The molecule has 3 heterocycles. The van der Waals surface area contributed by atoms with Crippen molar-refractivity contribution in [1.82, 2.24) is 14.8 Å². The van der Waals surface area contributed by atoms with E-state index in [9.17, 15) is 4.79 Å². The molecule has 5 nitrogen and oxygen atoms in total. The summed E-state index contributed by atoms with van der Waals surface area (Å²) in [6.07, 6.45) is 0.997. The van der Waals surface area contributed by atoms with E-state index in [4.69, 9.17) is 16.3 Å². The highest BCUT2D eigenvalue weighted by molar-refractivity contribution is 7.13. The van der Waals surface area contributed by atoms with Gasteiger partial charge in [0.05, 0.1) is 6.61 Å². The van der Waals surface area contributed by atoms with Crippen molar-refractivity contribution in [2.75, 3.05) is 32.8 Å². The molecule has 2 aliphatic rings. The second-order valence-corrected chi connectivity index (χ2v) is 8.95. The number of halogens is 1. The van der Waals surface area contributed by atoms with Crippen molar-refractivity contribution >= 4 is 28.8 Å². The number of thiazole rings is 1. The van der Waals surface area contributed by atoms with E-state index in [2.05, 4.69) is 28.1 Å². The monoisotopic (exact) mass is 439 g/mol. The molecule has 0 bridgehead atoms. The molecule has 0 unspecified atom stereocenters. The molecule has 2 aromatic carbocycles. The van der Waals surface area contributed by atoms with Crippen molar-refractivity contribution in [3.05, 3.63) is 69.7 Å². The van der Waals surface area contributed by atoms with Gasteiger partial charge in [-0.15, -0.1) is 11.3 Å². The fourth-order valence-electron chi connectivity index (χ4n) is 3.96. The Morgan fingerprint density at radius 3 is 2.70 bits per heavy atom. The molecular formula is C23H22ClN3O2S. The van der Waals surface area contributed by atoms with E-state index >= 15 is 0 Å². The van der Waals surface area contributed by atoms with Gasteiger partial charge < -0.3 is 9.64 Å². The van der Waals surface area contributed by atoms with Crippen LogP contribution in [0.15, 0.2) is 47.8 Å². The number of hydrogen-bond acceptors (Lipinski definition) is 5. The van der Waals surface area contributed by atoms with Gasteiger partial charge in [0.25, 0.3) is 5.91 Å². The van der Waals surface area contributed by atoms with Gasteiger partial charge in [-0.1, -0.05) is 35.9 Å². The number of carbonyl (C=O) groups excluding carboxylic acids is 1. The second kappa shape index (κ2) is 8.38. The van der Waals surface area contributed by atoms with Gasteiger partial charge in [0.1, 0.15) is 16.5 Å². The molecule has 154 valence electrons. The first-order valence-electron chi connectivity index (χ1n) is 10.1. The third-order valence-electron chi connectivity index (χ3n) is 5.63. The molecule has 0 atom stereocenters. The minimum Gasteiger partial charge on any atom is -0.493 e. The van der Waals surface area contributed by atoms with Crippen molar-refractivity contribution in [2.24, 2.45) is 0 Å². The molecule has 0 saturated carbocycles. The van der Waals surface area contributed by atoms with Crippen LogP contribution in [0.2, 0.25) is 5.02 Å². The Bertz CT molecular complexity index is 1060. The van der Waals surface area contributed by atoms with Gasteiger partial charge in [0.2, 0.25) is 0 Å². The molecule has 0 radical (unpaired) electrons. The third-order valence-corrected chi connectivity index (χ3v) is 6.78. The van der Waals surface area contributed by atoms with E-state index in [1.54, 1.807) is 0 Å². The Morgan fingerprint density at radius 2 is 1.90 bits per heavy atom. The third kappa shape index (κ3) is 4.08. The first kappa shape index (κ1) is 19.5. The van der Waals surface area contributed by atoms with Crippen LogP contribution in [0, 0.1) is 0 Å². The Labute approximate surface area is 184 Å². The number of piperazine rings is 1. The summed E-state index contributed by atoms with van der Waals surface area (Å²) < 4.78 is 5.59. The number of nitrogens with zero attached hydrogens (tertiary/aromatic N) is 3. The van der Waals surface area contributed by atoms with Gasteiger partial charge in [-0.2, -0.15) is 0 Å². The first-order chi connectivity index (χ1) is 14.7. The molecule has 3 aromatic rings. The van der Waals surface area contributed by atoms with Crippen LogP contribution in [0.1, 0.15) is 21.6 Å². The van der Waals surface area contributed by atoms with Crippen LogP contribution in [0.4, 0.5) is 0 Å². The normalized spacial score (nSPS) is 16.4. The molecular weight excluding hydrogens is 418 g/mol. The Morgan fingerprint density at radius 1 is 1.10 bits per heavy atom. The standard InChI is InChI=1S/C23H22ClN3O2S/c24-19-4-2-17(3-5-19)22-25-20(15-30-22)23(28)27-10-8-26(9-11-27)14-16-1-6-21-18(13-16)7-12-29-21/h1-6,13,15H,7-12,14H2. The van der Waals surface area contributed by atoms with Crippen LogP contribution < -0.4 is 4.74 Å². The summed E-state index contributed by atoms with van der Waals surface area (Å²) in [5, 5.41) is 3.39. The van der Waals surface area contributed by atoms with Gasteiger partial charge >= 0.3 is 0 Å². The molecule has 1 fully saturated rings. The smallest absolute Gasteiger partial charge is 0.273 e. The zero-order valence-corrected chi connectivity index (χ0v) is 18.1. The fraction of sp³-hybridized carbons (Fsp3) is 0.304. The SMILES string of the molecule is O=C(c1csc(-c2ccc(Cl)cc2)n1)N1CCN(Cc2ccc3c(c2)CCO3)CC1. The lowest BCUT2D eigenvalue weighted by atomic mass is 10.1. The Kier molecular flexibility index (Phi) is 5.46. The van der Waals surface area contributed by atoms with Crippen LogP contribution in [-0.2, 0) is 13.0 Å². The van der Waals surface area contributed by atoms with Crippen molar-refractivity contribution in [3.63, 3.8) is 0 Å². The molecule has 1 amide bonds. The number of carbonyl (C=O) groups is 1. The number of fused-ring (bicyclic) bond motifs is 1. The van der Waals surface area contributed by atoms with Crippen molar-refractivity contribution in [3.8, 4) is 16.3 Å². The van der Waals surface area contributed by atoms with Crippen molar-refractivity contribution < 1.29 is 9.53 Å². The summed E-state index contributed by atoms with van der Waals surface area (Å²) in [6.45, 7) is 4.88. The Balaban J connectivity index is 1.18. The van der Waals surface area contributed by atoms with Crippen LogP contribution >= 0.6 is 22.9 Å². The number of rotatable bonds is 4. The topological polar surface area (TPSA) is 45.7 Å². The number of amides is 1. The van der Waals surface area contributed by atoms with Gasteiger partial charge in [-0.25, -0.2) is 4.98 Å². The second-order valence-electron chi connectivity index (χ2n) is 7.65. The quantitative estimate of drug-likeness (QED) is 0.606. The molecule has 0 aliphatic carbocycles. The summed E-state index contributed by atoms with van der Waals surface area (Å²) >= 11 is 7.45. The molecule has 0 spiro atoms. The maximum atomic E-state index is 12.9. The van der Waals surface area contributed by atoms with E-state index in [1.807, 2.05) is 34.5 Å². The molecule has 5 rings (SSSR count). The average molecular weight is 440 g/mol. The van der Waals surface area contributed by atoms with Gasteiger partial charge in [0.15, 0.2) is 0 Å². The lowest BCUT2D eigenvalue weighted by molar-refractivity contribution is 0.0623. The van der Waals surface area contributed by atoms with E-state index < -0.39 is 0 Å². The summed E-state index contributed by atoms with van der Waals surface area (Å²) in [4.78, 5) is 21.8. The van der Waals surface area contributed by atoms with Crippen molar-refractivity contribution in [2.45, 2.75) is 13.0 Å². The Hall–Kier alpha value is -2.41. The largest absolute Gasteiger partial charge is 0.493 e. The van der Waals surface area contributed by atoms with Gasteiger partial charge in [0, 0.05) is 55.1 Å². The average Bonchev–Trinajstić information content (AvgIpc) is 3.44. The van der Waals surface area contributed by atoms with Crippen LogP contribution in [0.25, 0.3) is 10.6 Å². The lowest BCUT2D eigenvalue weighted by Crippen LogP contribution is -2.48. The van der Waals surface area contributed by atoms with E-state index in [0.29, 0.717) is 10.7 Å². The maximum absolute atomic E-state index is 12.9. The number of aromatic nitrogens is 1. The molecule has 30 heavy (non-hydrogen) atoms. The van der Waals surface area contributed by atoms with Gasteiger partial charge in [-0.3, -0.25) is 9.69 Å². The predicted molar refractivity (Wildman–Crippen MR) is 119 cm³/mol. The van der Waals surface area contributed by atoms with Crippen molar-refractivity contribution in [1.29, 1.82) is 0 Å². The van der Waals surface area contributed by atoms with Crippen LogP contribution in [-0.4, -0.2) is 53.5 Å². The lowest BCUT2D eigenvalue weighted by Gasteiger charge is -2.34. The maximum Gasteiger partial charge on any atom is 0.273 e. The minimum absolute atomic E-state index is 0.0146. The zero-order valence-electron chi connectivity index (χ0n) is 16.5.